The van der Waals surface area contributed by atoms with Crippen molar-refractivity contribution >= 4 is 5.78 Å². The average molecular weight is 230 g/mol. The SMILES string of the molecule is O=C(c1cccc(O)c1)c1cc(O)cc(O)c1. The van der Waals surface area contributed by atoms with Gasteiger partial charge in [-0.25, -0.2) is 0 Å². The molecule has 3 N–H and O–H groups in total. The third-order valence-electron chi connectivity index (χ3n) is 2.27. The maximum absolute atomic E-state index is 12.0. The van der Waals surface area contributed by atoms with Gasteiger partial charge in [-0.05, 0) is 24.3 Å². The molecular weight excluding hydrogens is 220 g/mol. The van der Waals surface area contributed by atoms with Crippen molar-refractivity contribution in [1.82, 2.24) is 0 Å². The van der Waals surface area contributed by atoms with Gasteiger partial charge in [0.25, 0.3) is 0 Å². The van der Waals surface area contributed by atoms with E-state index in [2.05, 4.69) is 0 Å². The summed E-state index contributed by atoms with van der Waals surface area (Å²) in [5, 5.41) is 27.8. The van der Waals surface area contributed by atoms with Crippen molar-refractivity contribution in [1.29, 1.82) is 0 Å². The van der Waals surface area contributed by atoms with Crippen LogP contribution >= 0.6 is 0 Å². The maximum Gasteiger partial charge on any atom is 0.193 e. The Balaban J connectivity index is 2.43. The summed E-state index contributed by atoms with van der Waals surface area (Å²) in [4.78, 5) is 12.0. The molecule has 0 heterocycles. The number of benzene rings is 2. The minimum absolute atomic E-state index is 0.0137. The summed E-state index contributed by atoms with van der Waals surface area (Å²) < 4.78 is 0. The molecule has 0 fully saturated rings. The minimum Gasteiger partial charge on any atom is -0.508 e. The van der Waals surface area contributed by atoms with E-state index in [1.54, 1.807) is 12.1 Å². The topological polar surface area (TPSA) is 77.8 Å². The van der Waals surface area contributed by atoms with E-state index in [1.807, 2.05) is 0 Å². The summed E-state index contributed by atoms with van der Waals surface area (Å²) >= 11 is 0. The van der Waals surface area contributed by atoms with E-state index in [1.165, 1.54) is 24.3 Å². The zero-order chi connectivity index (χ0) is 12.4. The molecule has 2 rings (SSSR count). The lowest BCUT2D eigenvalue weighted by molar-refractivity contribution is 0.103. The van der Waals surface area contributed by atoms with E-state index in [0.29, 0.717) is 0 Å². The summed E-state index contributed by atoms with van der Waals surface area (Å²) in [6, 6.07) is 9.52. The number of carbonyl (C=O) groups is 1. The predicted octanol–water partition coefficient (Wildman–Crippen LogP) is 2.03. The van der Waals surface area contributed by atoms with Crippen LogP contribution < -0.4 is 0 Å². The molecule has 0 unspecified atom stereocenters. The fraction of sp³-hybridized carbons (Fsp3) is 0. The molecule has 0 aliphatic heterocycles. The molecule has 0 bridgehead atoms. The van der Waals surface area contributed by atoms with Crippen molar-refractivity contribution in [3.8, 4) is 17.2 Å². The molecule has 2 aromatic carbocycles. The largest absolute Gasteiger partial charge is 0.508 e. The second kappa shape index (κ2) is 4.17. The van der Waals surface area contributed by atoms with Crippen LogP contribution in [0, 0.1) is 0 Å². The van der Waals surface area contributed by atoms with Gasteiger partial charge in [0.15, 0.2) is 5.78 Å². The first-order chi connectivity index (χ1) is 8.06. The minimum atomic E-state index is -0.382. The van der Waals surface area contributed by atoms with E-state index in [4.69, 9.17) is 0 Å². The number of rotatable bonds is 2. The van der Waals surface area contributed by atoms with Gasteiger partial charge in [-0.3, -0.25) is 4.79 Å². The van der Waals surface area contributed by atoms with Crippen LogP contribution in [-0.4, -0.2) is 21.1 Å². The second-order valence-electron chi connectivity index (χ2n) is 3.62. The molecular formula is C13H10O4. The summed E-state index contributed by atoms with van der Waals surface area (Å²) in [5.74, 6) is -0.769. The first-order valence-corrected chi connectivity index (χ1v) is 4.93. The Labute approximate surface area is 97.4 Å². The van der Waals surface area contributed by atoms with Gasteiger partial charge in [0, 0.05) is 17.2 Å². The molecule has 0 saturated carbocycles. The molecule has 0 amide bonds. The fourth-order valence-electron chi connectivity index (χ4n) is 1.54. The Kier molecular flexibility index (Phi) is 2.70. The Bertz CT molecular complexity index is 555. The Morgan fingerprint density at radius 3 is 1.94 bits per heavy atom. The highest BCUT2D eigenvalue weighted by Crippen LogP contribution is 2.23. The molecule has 4 heteroatoms. The monoisotopic (exact) mass is 230 g/mol. The van der Waals surface area contributed by atoms with E-state index in [0.717, 1.165) is 6.07 Å². The maximum atomic E-state index is 12.0. The molecule has 0 saturated heterocycles. The number of ketones is 1. The van der Waals surface area contributed by atoms with Crippen LogP contribution in [0.4, 0.5) is 0 Å². The average Bonchev–Trinajstić information content (AvgIpc) is 2.26. The van der Waals surface area contributed by atoms with Crippen LogP contribution in [0.5, 0.6) is 17.2 Å². The third kappa shape index (κ3) is 2.36. The Hall–Kier alpha value is -2.49. The van der Waals surface area contributed by atoms with Gasteiger partial charge in [-0.1, -0.05) is 12.1 Å². The van der Waals surface area contributed by atoms with Gasteiger partial charge in [0.2, 0.25) is 0 Å². The molecule has 2 aromatic rings. The Morgan fingerprint density at radius 2 is 1.35 bits per heavy atom. The van der Waals surface area contributed by atoms with Gasteiger partial charge in [0.05, 0.1) is 0 Å². The molecule has 0 spiro atoms. The van der Waals surface area contributed by atoms with E-state index >= 15 is 0 Å². The van der Waals surface area contributed by atoms with E-state index in [-0.39, 0.29) is 34.2 Å². The summed E-state index contributed by atoms with van der Waals surface area (Å²) in [6.07, 6.45) is 0. The number of phenols is 3. The highest BCUT2D eigenvalue weighted by molar-refractivity contribution is 6.09. The van der Waals surface area contributed by atoms with Crippen LogP contribution in [0.15, 0.2) is 42.5 Å². The Morgan fingerprint density at radius 1 is 0.765 bits per heavy atom. The first-order valence-electron chi connectivity index (χ1n) is 4.93. The van der Waals surface area contributed by atoms with Crippen molar-refractivity contribution in [2.45, 2.75) is 0 Å². The molecule has 0 aliphatic rings. The zero-order valence-electron chi connectivity index (χ0n) is 8.79. The normalized spacial score (nSPS) is 10.1. The molecule has 0 aromatic heterocycles. The molecule has 0 aliphatic carbocycles. The number of aromatic hydroxyl groups is 3. The number of hydrogen-bond donors (Lipinski definition) is 3. The summed E-state index contributed by atoms with van der Waals surface area (Å²) in [5.41, 5.74) is 0.447. The lowest BCUT2D eigenvalue weighted by Gasteiger charge is -2.03. The first kappa shape index (κ1) is 11.0. The van der Waals surface area contributed by atoms with Crippen LogP contribution in [0.1, 0.15) is 15.9 Å². The molecule has 17 heavy (non-hydrogen) atoms. The van der Waals surface area contributed by atoms with Crippen molar-refractivity contribution in [2.24, 2.45) is 0 Å². The smallest absolute Gasteiger partial charge is 0.193 e. The number of hydrogen-bond acceptors (Lipinski definition) is 4. The predicted molar refractivity (Wildman–Crippen MR) is 61.3 cm³/mol. The highest BCUT2D eigenvalue weighted by Gasteiger charge is 2.11. The number of carbonyl (C=O) groups excluding carboxylic acids is 1. The van der Waals surface area contributed by atoms with E-state index in [9.17, 15) is 20.1 Å². The van der Waals surface area contributed by atoms with Gasteiger partial charge < -0.3 is 15.3 Å². The quantitative estimate of drug-likeness (QED) is 0.690. The summed E-state index contributed by atoms with van der Waals surface area (Å²) in [6.45, 7) is 0. The molecule has 4 nitrogen and oxygen atoms in total. The molecule has 86 valence electrons. The van der Waals surface area contributed by atoms with Gasteiger partial charge in [-0.15, -0.1) is 0 Å². The van der Waals surface area contributed by atoms with Crippen molar-refractivity contribution in [2.75, 3.05) is 0 Å². The second-order valence-corrected chi connectivity index (χ2v) is 3.62. The van der Waals surface area contributed by atoms with Gasteiger partial charge in [0.1, 0.15) is 17.2 Å². The van der Waals surface area contributed by atoms with Crippen molar-refractivity contribution in [3.05, 3.63) is 53.6 Å². The van der Waals surface area contributed by atoms with Crippen LogP contribution in [0.3, 0.4) is 0 Å². The van der Waals surface area contributed by atoms with Gasteiger partial charge >= 0.3 is 0 Å². The van der Waals surface area contributed by atoms with Crippen molar-refractivity contribution < 1.29 is 20.1 Å². The van der Waals surface area contributed by atoms with Crippen molar-refractivity contribution in [3.63, 3.8) is 0 Å². The van der Waals surface area contributed by atoms with Gasteiger partial charge in [-0.2, -0.15) is 0 Å². The van der Waals surface area contributed by atoms with Crippen LogP contribution in [0.25, 0.3) is 0 Å². The fourth-order valence-corrected chi connectivity index (χ4v) is 1.54. The van der Waals surface area contributed by atoms with Crippen LogP contribution in [0.2, 0.25) is 0 Å². The van der Waals surface area contributed by atoms with Crippen LogP contribution in [-0.2, 0) is 0 Å². The summed E-state index contributed by atoms with van der Waals surface area (Å²) in [7, 11) is 0. The molecule has 0 radical (unpaired) electrons. The lowest BCUT2D eigenvalue weighted by atomic mass is 10.0. The number of phenolic OH excluding ortho intramolecular Hbond substituents is 3. The lowest BCUT2D eigenvalue weighted by Crippen LogP contribution is -2.00. The zero-order valence-corrected chi connectivity index (χ0v) is 8.79. The highest BCUT2D eigenvalue weighted by atomic mass is 16.3. The third-order valence-corrected chi connectivity index (χ3v) is 2.27. The van der Waals surface area contributed by atoms with E-state index < -0.39 is 0 Å². The standard InChI is InChI=1S/C13H10O4/c14-10-3-1-2-8(4-10)13(17)9-5-11(15)7-12(16)6-9/h1-7,14-16H. The molecule has 0 atom stereocenters.